The highest BCUT2D eigenvalue weighted by Gasteiger charge is 2.46. The molecule has 0 radical (unpaired) electrons. The number of carbonyl (C=O) groups is 1. The van der Waals surface area contributed by atoms with Gasteiger partial charge >= 0.3 is 0 Å². The lowest BCUT2D eigenvalue weighted by Crippen LogP contribution is -2.50. The van der Waals surface area contributed by atoms with E-state index in [1.54, 1.807) is 0 Å². The molecule has 1 aromatic rings. The second kappa shape index (κ2) is 6.82. The number of ether oxygens (including phenoxy) is 1. The minimum atomic E-state index is -0.255. The summed E-state index contributed by atoms with van der Waals surface area (Å²) in [6.07, 6.45) is 7.24. The second-order valence-electron chi connectivity index (χ2n) is 8.23. The van der Waals surface area contributed by atoms with Crippen molar-refractivity contribution in [3.8, 4) is 0 Å². The Morgan fingerprint density at radius 1 is 1.35 bits per heavy atom. The van der Waals surface area contributed by atoms with E-state index >= 15 is 0 Å². The first-order chi connectivity index (χ1) is 12.5. The summed E-state index contributed by atoms with van der Waals surface area (Å²) in [6.45, 7) is 9.95. The minimum Gasteiger partial charge on any atom is -0.373 e. The van der Waals surface area contributed by atoms with Crippen LogP contribution in [-0.2, 0) is 16.1 Å². The van der Waals surface area contributed by atoms with Crippen LogP contribution < -0.4 is 0 Å². The van der Waals surface area contributed by atoms with Crippen molar-refractivity contribution in [2.45, 2.75) is 58.7 Å². The monoisotopic (exact) mass is 359 g/mol. The Kier molecular flexibility index (Phi) is 4.65. The van der Waals surface area contributed by atoms with E-state index in [9.17, 15) is 4.79 Å². The summed E-state index contributed by atoms with van der Waals surface area (Å²) in [5, 5.41) is 4.08. The highest BCUT2D eigenvalue weighted by Crippen LogP contribution is 2.36. The van der Waals surface area contributed by atoms with Gasteiger partial charge in [0, 0.05) is 31.7 Å². The van der Waals surface area contributed by atoms with E-state index in [4.69, 9.17) is 9.26 Å². The molecule has 0 saturated carbocycles. The number of amides is 1. The summed E-state index contributed by atoms with van der Waals surface area (Å²) >= 11 is 0. The van der Waals surface area contributed by atoms with Crippen LogP contribution in [0, 0.1) is 19.3 Å². The molecule has 3 aliphatic rings. The van der Waals surface area contributed by atoms with Crippen LogP contribution in [0.1, 0.15) is 43.2 Å². The van der Waals surface area contributed by atoms with E-state index in [0.717, 1.165) is 50.4 Å². The van der Waals surface area contributed by atoms with Gasteiger partial charge in [-0.2, -0.15) is 0 Å². The van der Waals surface area contributed by atoms with Gasteiger partial charge in [0.15, 0.2) is 0 Å². The van der Waals surface area contributed by atoms with Crippen molar-refractivity contribution in [1.82, 2.24) is 15.0 Å². The lowest BCUT2D eigenvalue weighted by atomic mass is 9.78. The molecule has 2 saturated heterocycles. The van der Waals surface area contributed by atoms with Crippen molar-refractivity contribution in [1.29, 1.82) is 0 Å². The highest BCUT2D eigenvalue weighted by molar-refractivity contribution is 5.83. The molecule has 26 heavy (non-hydrogen) atoms. The Labute approximate surface area is 155 Å². The zero-order valence-corrected chi connectivity index (χ0v) is 16.0. The average Bonchev–Trinajstić information content (AvgIpc) is 3.21. The lowest BCUT2D eigenvalue weighted by Gasteiger charge is -2.36. The van der Waals surface area contributed by atoms with Crippen molar-refractivity contribution >= 4 is 5.91 Å². The van der Waals surface area contributed by atoms with E-state index in [2.05, 4.69) is 29.1 Å². The number of fused-ring (bicyclic) bond motifs is 1. The first kappa shape index (κ1) is 17.7. The van der Waals surface area contributed by atoms with Gasteiger partial charge in [0.2, 0.25) is 5.91 Å². The molecule has 2 aliphatic heterocycles. The van der Waals surface area contributed by atoms with Gasteiger partial charge in [-0.25, -0.2) is 0 Å². The van der Waals surface area contributed by atoms with Crippen LogP contribution in [-0.4, -0.2) is 59.3 Å². The SMILES string of the molecule is Cc1noc(C)c1CN1CCOC2CN(C(=O)C3(C)CC=CCC3)CC21. The molecule has 6 nitrogen and oxygen atoms in total. The lowest BCUT2D eigenvalue weighted by molar-refractivity contribution is -0.141. The maximum absolute atomic E-state index is 13.2. The standard InChI is InChI=1S/C20H29N3O3/c1-14-16(15(2)26-21-14)11-22-9-10-25-18-13-23(12-17(18)22)19(24)20(3)7-5-4-6-8-20/h4-5,17-18H,6-13H2,1-3H3. The predicted octanol–water partition coefficient (Wildman–Crippen LogP) is 2.45. The summed E-state index contributed by atoms with van der Waals surface area (Å²) in [4.78, 5) is 17.7. The van der Waals surface area contributed by atoms with E-state index in [1.807, 2.05) is 18.7 Å². The van der Waals surface area contributed by atoms with Crippen molar-refractivity contribution < 1.29 is 14.1 Å². The molecular weight excluding hydrogens is 330 g/mol. The smallest absolute Gasteiger partial charge is 0.228 e. The molecule has 2 fully saturated rings. The van der Waals surface area contributed by atoms with E-state index in [-0.39, 0.29) is 23.5 Å². The number of morpholine rings is 1. The Morgan fingerprint density at radius 3 is 2.88 bits per heavy atom. The first-order valence-corrected chi connectivity index (χ1v) is 9.70. The number of likely N-dealkylation sites (tertiary alicyclic amines) is 1. The Hall–Kier alpha value is -1.66. The summed E-state index contributed by atoms with van der Waals surface area (Å²) in [6, 6.07) is 0.254. The van der Waals surface area contributed by atoms with Gasteiger partial charge in [0.1, 0.15) is 5.76 Å². The van der Waals surface area contributed by atoms with Gasteiger partial charge in [0.05, 0.1) is 29.9 Å². The Morgan fingerprint density at radius 2 is 2.19 bits per heavy atom. The summed E-state index contributed by atoms with van der Waals surface area (Å²) in [5.74, 6) is 1.18. The van der Waals surface area contributed by atoms with Crippen molar-refractivity contribution in [3.05, 3.63) is 29.2 Å². The van der Waals surface area contributed by atoms with Gasteiger partial charge in [-0.15, -0.1) is 0 Å². The van der Waals surface area contributed by atoms with Gasteiger partial charge in [-0.1, -0.05) is 24.2 Å². The van der Waals surface area contributed by atoms with Crippen LogP contribution in [0.25, 0.3) is 0 Å². The maximum Gasteiger partial charge on any atom is 0.228 e. The molecule has 0 aromatic carbocycles. The van der Waals surface area contributed by atoms with Crippen LogP contribution in [0.5, 0.6) is 0 Å². The number of nitrogens with zero attached hydrogens (tertiary/aromatic N) is 3. The number of hydrogen-bond donors (Lipinski definition) is 0. The molecule has 3 unspecified atom stereocenters. The van der Waals surface area contributed by atoms with Crippen LogP contribution in [0.2, 0.25) is 0 Å². The molecule has 1 aromatic heterocycles. The number of hydrogen-bond acceptors (Lipinski definition) is 5. The molecule has 0 spiro atoms. The van der Waals surface area contributed by atoms with Crippen molar-refractivity contribution in [3.63, 3.8) is 0 Å². The summed E-state index contributed by atoms with van der Waals surface area (Å²) in [5.41, 5.74) is 1.87. The van der Waals surface area contributed by atoms with Crippen molar-refractivity contribution in [2.24, 2.45) is 5.41 Å². The quantitative estimate of drug-likeness (QED) is 0.776. The minimum absolute atomic E-state index is 0.107. The molecule has 0 bridgehead atoms. The summed E-state index contributed by atoms with van der Waals surface area (Å²) in [7, 11) is 0. The Bertz CT molecular complexity index is 694. The molecule has 1 aliphatic carbocycles. The molecular formula is C20H29N3O3. The van der Waals surface area contributed by atoms with Gasteiger partial charge in [-0.05, 0) is 33.1 Å². The number of aryl methyl sites for hydroxylation is 2. The fourth-order valence-electron chi connectivity index (χ4n) is 4.59. The molecule has 3 heterocycles. The van der Waals surface area contributed by atoms with Gasteiger partial charge in [-0.3, -0.25) is 9.69 Å². The number of allylic oxidation sites excluding steroid dienone is 2. The van der Waals surface area contributed by atoms with Gasteiger partial charge in [0.25, 0.3) is 0 Å². The third-order valence-corrected chi connectivity index (χ3v) is 6.36. The normalized spacial score (nSPS) is 32.0. The maximum atomic E-state index is 13.2. The fraction of sp³-hybridized carbons (Fsp3) is 0.700. The third-order valence-electron chi connectivity index (χ3n) is 6.36. The molecule has 6 heteroatoms. The number of carbonyl (C=O) groups excluding carboxylic acids is 1. The average molecular weight is 359 g/mol. The number of aromatic nitrogens is 1. The van der Waals surface area contributed by atoms with E-state index in [1.165, 1.54) is 5.56 Å². The zero-order chi connectivity index (χ0) is 18.3. The largest absolute Gasteiger partial charge is 0.373 e. The molecule has 142 valence electrons. The molecule has 0 N–H and O–H groups in total. The first-order valence-electron chi connectivity index (χ1n) is 9.70. The van der Waals surface area contributed by atoms with Crippen LogP contribution >= 0.6 is 0 Å². The second-order valence-corrected chi connectivity index (χ2v) is 8.23. The third kappa shape index (κ3) is 3.09. The van der Waals surface area contributed by atoms with Crippen LogP contribution in [0.15, 0.2) is 16.7 Å². The fourth-order valence-corrected chi connectivity index (χ4v) is 4.59. The molecule has 4 rings (SSSR count). The number of rotatable bonds is 3. The van der Waals surface area contributed by atoms with Gasteiger partial charge < -0.3 is 14.2 Å². The van der Waals surface area contributed by atoms with Crippen LogP contribution in [0.3, 0.4) is 0 Å². The van der Waals surface area contributed by atoms with E-state index in [0.29, 0.717) is 13.2 Å². The highest BCUT2D eigenvalue weighted by atomic mass is 16.5. The summed E-state index contributed by atoms with van der Waals surface area (Å²) < 4.78 is 11.3. The zero-order valence-electron chi connectivity index (χ0n) is 16.0. The topological polar surface area (TPSA) is 58.8 Å². The van der Waals surface area contributed by atoms with Crippen LogP contribution in [0.4, 0.5) is 0 Å². The van der Waals surface area contributed by atoms with E-state index < -0.39 is 0 Å². The van der Waals surface area contributed by atoms with Crippen molar-refractivity contribution in [2.75, 3.05) is 26.2 Å². The molecule has 1 amide bonds. The predicted molar refractivity (Wildman–Crippen MR) is 97.6 cm³/mol. The Balaban J connectivity index is 1.47. The molecule has 3 atom stereocenters.